The van der Waals surface area contributed by atoms with Gasteiger partial charge >= 0.3 is 0 Å². The SMILES string of the molecule is O=S1(=O)CC(NC2CCCCCC2)C(S(=O)(=O)c2ccccc2)C1. The second kappa shape index (κ2) is 7.14. The van der Waals surface area contributed by atoms with E-state index in [-0.39, 0.29) is 22.4 Å². The summed E-state index contributed by atoms with van der Waals surface area (Å²) in [6.07, 6.45) is 6.63. The maximum Gasteiger partial charge on any atom is 0.183 e. The molecular weight excluding hydrogens is 346 g/mol. The zero-order chi connectivity index (χ0) is 17.2. The Morgan fingerprint density at radius 3 is 2.17 bits per heavy atom. The molecule has 5 nitrogen and oxygen atoms in total. The zero-order valence-electron chi connectivity index (χ0n) is 13.7. The second-order valence-corrected chi connectivity index (χ2v) is 11.3. The lowest BCUT2D eigenvalue weighted by Crippen LogP contribution is -2.47. The fraction of sp³-hybridized carbons (Fsp3) is 0.647. The fourth-order valence-corrected chi connectivity index (χ4v) is 8.51. The van der Waals surface area contributed by atoms with E-state index in [1.807, 2.05) is 0 Å². The topological polar surface area (TPSA) is 80.3 Å². The summed E-state index contributed by atoms with van der Waals surface area (Å²) >= 11 is 0. The lowest BCUT2D eigenvalue weighted by atomic mass is 10.1. The first-order valence-corrected chi connectivity index (χ1v) is 12.0. The summed E-state index contributed by atoms with van der Waals surface area (Å²) < 4.78 is 50.1. The van der Waals surface area contributed by atoms with Gasteiger partial charge in [0.2, 0.25) is 0 Å². The van der Waals surface area contributed by atoms with Gasteiger partial charge < -0.3 is 5.32 Å². The summed E-state index contributed by atoms with van der Waals surface area (Å²) in [6, 6.07) is 7.90. The van der Waals surface area contributed by atoms with E-state index in [2.05, 4.69) is 5.32 Å². The van der Waals surface area contributed by atoms with Crippen LogP contribution in [0.1, 0.15) is 38.5 Å². The molecule has 1 heterocycles. The van der Waals surface area contributed by atoms with Crippen molar-refractivity contribution in [1.29, 1.82) is 0 Å². The van der Waals surface area contributed by atoms with Crippen LogP contribution in [0.2, 0.25) is 0 Å². The summed E-state index contributed by atoms with van der Waals surface area (Å²) in [5.74, 6) is -0.366. The predicted molar refractivity (Wildman–Crippen MR) is 94.5 cm³/mol. The standard InChI is InChI=1S/C17H25NO4S2/c19-23(20)12-16(18-14-8-4-1-2-5-9-14)17(13-23)24(21,22)15-10-6-3-7-11-15/h3,6-7,10-11,14,16-18H,1-2,4-5,8-9,12-13H2. The molecule has 1 saturated heterocycles. The van der Waals surface area contributed by atoms with Crippen molar-refractivity contribution in [2.75, 3.05) is 11.5 Å². The van der Waals surface area contributed by atoms with Gasteiger partial charge in [-0.25, -0.2) is 16.8 Å². The van der Waals surface area contributed by atoms with E-state index in [1.54, 1.807) is 30.3 Å². The summed E-state index contributed by atoms with van der Waals surface area (Å²) in [6.45, 7) is 0. The summed E-state index contributed by atoms with van der Waals surface area (Å²) in [5, 5.41) is 2.49. The van der Waals surface area contributed by atoms with Gasteiger partial charge in [0.1, 0.15) is 0 Å². The number of sulfone groups is 2. The van der Waals surface area contributed by atoms with Crippen molar-refractivity contribution in [3.63, 3.8) is 0 Å². The van der Waals surface area contributed by atoms with E-state index < -0.39 is 31.0 Å². The monoisotopic (exact) mass is 371 g/mol. The molecule has 1 aromatic rings. The molecule has 3 rings (SSSR count). The zero-order valence-corrected chi connectivity index (χ0v) is 15.4. The summed E-state index contributed by atoms with van der Waals surface area (Å²) in [5.41, 5.74) is 0. The smallest absolute Gasteiger partial charge is 0.183 e. The number of benzene rings is 1. The summed E-state index contributed by atoms with van der Waals surface area (Å²) in [7, 11) is -7.00. The Balaban J connectivity index is 1.84. The fourth-order valence-electron chi connectivity index (χ4n) is 3.81. The van der Waals surface area contributed by atoms with E-state index in [1.165, 1.54) is 12.8 Å². The molecule has 0 aromatic heterocycles. The normalized spacial score (nSPS) is 28.5. The molecule has 1 aromatic carbocycles. The van der Waals surface area contributed by atoms with E-state index in [0.29, 0.717) is 0 Å². The first kappa shape index (κ1) is 17.9. The Kier molecular flexibility index (Phi) is 5.32. The van der Waals surface area contributed by atoms with Crippen LogP contribution in [-0.2, 0) is 19.7 Å². The highest BCUT2D eigenvalue weighted by Crippen LogP contribution is 2.27. The molecule has 134 valence electrons. The molecule has 1 saturated carbocycles. The van der Waals surface area contributed by atoms with Gasteiger partial charge in [-0.2, -0.15) is 0 Å². The van der Waals surface area contributed by atoms with Crippen LogP contribution in [0.3, 0.4) is 0 Å². The minimum Gasteiger partial charge on any atom is -0.309 e. The Labute approximate surface area is 144 Å². The van der Waals surface area contributed by atoms with Gasteiger partial charge in [0, 0.05) is 12.1 Å². The minimum atomic E-state index is -3.66. The molecular formula is C17H25NO4S2. The molecule has 0 spiro atoms. The van der Waals surface area contributed by atoms with Gasteiger partial charge in [-0.1, -0.05) is 43.9 Å². The average molecular weight is 372 g/mol. The van der Waals surface area contributed by atoms with Crippen LogP contribution < -0.4 is 5.32 Å². The van der Waals surface area contributed by atoms with Crippen molar-refractivity contribution in [3.05, 3.63) is 30.3 Å². The molecule has 2 fully saturated rings. The van der Waals surface area contributed by atoms with Crippen molar-refractivity contribution < 1.29 is 16.8 Å². The van der Waals surface area contributed by atoms with Gasteiger partial charge in [0.25, 0.3) is 0 Å². The molecule has 0 amide bonds. The molecule has 2 atom stereocenters. The molecule has 2 aliphatic rings. The van der Waals surface area contributed by atoms with Crippen LogP contribution in [0.15, 0.2) is 35.2 Å². The van der Waals surface area contributed by atoms with Crippen LogP contribution in [0.5, 0.6) is 0 Å². The first-order valence-electron chi connectivity index (χ1n) is 8.64. The van der Waals surface area contributed by atoms with Crippen molar-refractivity contribution in [2.45, 2.75) is 60.8 Å². The Morgan fingerprint density at radius 2 is 1.54 bits per heavy atom. The largest absolute Gasteiger partial charge is 0.309 e. The Morgan fingerprint density at radius 1 is 0.917 bits per heavy atom. The Bertz CT molecular complexity index is 751. The maximum absolute atomic E-state index is 12.9. The van der Waals surface area contributed by atoms with Crippen LogP contribution in [0.4, 0.5) is 0 Å². The summed E-state index contributed by atoms with van der Waals surface area (Å²) in [4.78, 5) is 0.208. The molecule has 1 aliphatic heterocycles. The highest BCUT2D eigenvalue weighted by Gasteiger charge is 2.46. The minimum absolute atomic E-state index is 0.0831. The number of rotatable bonds is 4. The van der Waals surface area contributed by atoms with E-state index in [9.17, 15) is 16.8 Å². The van der Waals surface area contributed by atoms with Gasteiger partial charge in [0.05, 0.1) is 21.7 Å². The number of hydrogen-bond acceptors (Lipinski definition) is 5. The lowest BCUT2D eigenvalue weighted by Gasteiger charge is -2.25. The highest BCUT2D eigenvalue weighted by molar-refractivity contribution is 7.96. The van der Waals surface area contributed by atoms with Crippen LogP contribution in [0, 0.1) is 0 Å². The molecule has 7 heteroatoms. The van der Waals surface area contributed by atoms with Crippen LogP contribution in [-0.4, -0.2) is 45.7 Å². The average Bonchev–Trinajstić information content (AvgIpc) is 2.72. The van der Waals surface area contributed by atoms with E-state index in [4.69, 9.17) is 0 Å². The second-order valence-electron chi connectivity index (χ2n) is 6.94. The van der Waals surface area contributed by atoms with Gasteiger partial charge in [-0.15, -0.1) is 0 Å². The number of hydrogen-bond donors (Lipinski definition) is 1. The third-order valence-corrected chi connectivity index (χ3v) is 9.24. The quantitative estimate of drug-likeness (QED) is 0.818. The highest BCUT2D eigenvalue weighted by atomic mass is 32.2. The van der Waals surface area contributed by atoms with Crippen molar-refractivity contribution in [2.24, 2.45) is 0 Å². The van der Waals surface area contributed by atoms with Gasteiger partial charge in [-0.05, 0) is 25.0 Å². The molecule has 2 unspecified atom stereocenters. The van der Waals surface area contributed by atoms with Gasteiger partial charge in [0.15, 0.2) is 19.7 Å². The van der Waals surface area contributed by atoms with Crippen molar-refractivity contribution in [1.82, 2.24) is 5.32 Å². The third kappa shape index (κ3) is 4.00. The maximum atomic E-state index is 12.9. The van der Waals surface area contributed by atoms with Crippen molar-refractivity contribution >= 4 is 19.7 Å². The van der Waals surface area contributed by atoms with Crippen LogP contribution in [0.25, 0.3) is 0 Å². The molecule has 24 heavy (non-hydrogen) atoms. The molecule has 1 N–H and O–H groups in total. The Hall–Kier alpha value is -0.920. The molecule has 0 bridgehead atoms. The van der Waals surface area contributed by atoms with E-state index in [0.717, 1.165) is 25.7 Å². The van der Waals surface area contributed by atoms with Gasteiger partial charge in [-0.3, -0.25) is 0 Å². The third-order valence-electron chi connectivity index (χ3n) is 5.08. The molecule has 1 aliphatic carbocycles. The number of nitrogens with one attached hydrogen (secondary N) is 1. The van der Waals surface area contributed by atoms with E-state index >= 15 is 0 Å². The van der Waals surface area contributed by atoms with Crippen LogP contribution >= 0.6 is 0 Å². The van der Waals surface area contributed by atoms with Crippen molar-refractivity contribution in [3.8, 4) is 0 Å². The predicted octanol–water partition coefficient (Wildman–Crippen LogP) is 1.94. The lowest BCUT2D eigenvalue weighted by molar-refractivity contribution is 0.408. The molecule has 0 radical (unpaired) electrons. The first-order chi connectivity index (χ1) is 11.4.